The van der Waals surface area contributed by atoms with Crippen LogP contribution in [-0.2, 0) is 53.4 Å². The highest BCUT2D eigenvalue weighted by Crippen LogP contribution is 2.33. The molecule has 2 aliphatic rings. The highest BCUT2D eigenvalue weighted by atomic mass is 32.3. The van der Waals surface area contributed by atoms with Crippen molar-refractivity contribution in [1.82, 2.24) is 0 Å². The van der Waals surface area contributed by atoms with Crippen LogP contribution in [0.5, 0.6) is 0 Å². The Morgan fingerprint density at radius 1 is 0.938 bits per heavy atom. The number of hydrogen-bond donors (Lipinski definition) is 3. The molecule has 0 bridgehead atoms. The zero-order valence-corrected chi connectivity index (χ0v) is 17.5. The van der Waals surface area contributed by atoms with Crippen LogP contribution in [0.3, 0.4) is 0 Å². The maximum absolute atomic E-state index is 10.8. The zero-order chi connectivity index (χ0) is 24.1. The fourth-order valence-electron chi connectivity index (χ4n) is 3.41. The molecule has 10 atom stereocenters. The second-order valence-corrected chi connectivity index (χ2v) is 7.95. The average molecular weight is 495 g/mol. The molecule has 0 aromatic carbocycles. The summed E-state index contributed by atoms with van der Waals surface area (Å²) < 4.78 is 57.8. The first-order chi connectivity index (χ1) is 15.1. The third-order valence-electron chi connectivity index (χ3n) is 5.01. The predicted molar refractivity (Wildman–Crippen MR) is 85.0 cm³/mol. The number of ether oxygens (including phenoxy) is 4. The van der Waals surface area contributed by atoms with Crippen molar-refractivity contribution in [2.24, 2.45) is 5.92 Å². The summed E-state index contributed by atoms with van der Waals surface area (Å²) in [5.74, 6) is -0.915. The third kappa shape index (κ3) is 6.70. The lowest BCUT2D eigenvalue weighted by atomic mass is 9.90. The summed E-state index contributed by atoms with van der Waals surface area (Å²) in [4.78, 5) is 8.84. The first-order valence-electron chi connectivity index (χ1n) is 9.04. The van der Waals surface area contributed by atoms with Gasteiger partial charge in [-0.05, 0) is 0 Å². The van der Waals surface area contributed by atoms with Crippen LogP contribution in [-0.4, -0.2) is 104 Å². The summed E-state index contributed by atoms with van der Waals surface area (Å²) in [7, 11) is -4.08. The molecule has 0 radical (unpaired) electrons. The van der Waals surface area contributed by atoms with Gasteiger partial charge in [-0.2, -0.15) is 0 Å². The van der Waals surface area contributed by atoms with E-state index in [2.05, 4.69) is 24.0 Å². The summed E-state index contributed by atoms with van der Waals surface area (Å²) in [5, 5.41) is 58.0. The first kappa shape index (κ1) is 27.6. The van der Waals surface area contributed by atoms with Crippen LogP contribution in [0, 0.1) is 5.92 Å². The van der Waals surface area contributed by atoms with Gasteiger partial charge in [0.1, 0.15) is 36.6 Å². The molecule has 0 aromatic rings. The Kier molecular flexibility index (Phi) is 10.5. The SMILES string of the molecule is CO[C@H]1OC(COS(=O)(=O)[O-])[C@H](OC2OC(CO)[C@H](OO[O-])C(C)[C@@H]2O)C(O)[C@@H]1OO[O-]. The van der Waals surface area contributed by atoms with Crippen molar-refractivity contribution in [2.45, 2.75) is 62.2 Å². The summed E-state index contributed by atoms with van der Waals surface area (Å²) in [6.07, 6.45) is -13.7. The molecule has 2 rings (SSSR count). The number of hydrogen-bond acceptors (Lipinski definition) is 17. The van der Waals surface area contributed by atoms with E-state index < -0.39 is 84.8 Å². The van der Waals surface area contributed by atoms with Crippen LogP contribution in [0.1, 0.15) is 6.92 Å². The molecule has 0 amide bonds. The van der Waals surface area contributed by atoms with Gasteiger partial charge in [0.05, 0.1) is 13.2 Å². The van der Waals surface area contributed by atoms with Crippen molar-refractivity contribution in [3.63, 3.8) is 0 Å². The Hall–Kier alpha value is -0.650. The number of methoxy groups -OCH3 is 1. The molecule has 0 spiro atoms. The molecule has 0 saturated carbocycles. The molecule has 2 fully saturated rings. The Labute approximate surface area is 181 Å². The Morgan fingerprint density at radius 3 is 2.06 bits per heavy atom. The number of rotatable bonds is 11. The van der Waals surface area contributed by atoms with E-state index in [-0.39, 0.29) is 0 Å². The van der Waals surface area contributed by atoms with Crippen molar-refractivity contribution in [3.05, 3.63) is 0 Å². The molecule has 18 heteroatoms. The van der Waals surface area contributed by atoms with Crippen LogP contribution >= 0.6 is 0 Å². The maximum Gasteiger partial charge on any atom is 0.217 e. The quantitative estimate of drug-likeness (QED) is 0.105. The minimum absolute atomic E-state index is 0.697. The first-order valence-corrected chi connectivity index (χ1v) is 10.4. The number of aliphatic hydroxyl groups excluding tert-OH is 3. The van der Waals surface area contributed by atoms with Gasteiger partial charge in [0.25, 0.3) is 0 Å². The van der Waals surface area contributed by atoms with E-state index in [9.17, 15) is 38.8 Å². The van der Waals surface area contributed by atoms with Crippen molar-refractivity contribution in [2.75, 3.05) is 20.3 Å². The molecule has 17 nitrogen and oxygen atoms in total. The second-order valence-electron chi connectivity index (χ2n) is 6.90. The van der Waals surface area contributed by atoms with Gasteiger partial charge in [-0.3, -0.25) is 14.3 Å². The molecule has 5 unspecified atom stereocenters. The lowest BCUT2D eigenvalue weighted by Crippen LogP contribution is -2.64. The van der Waals surface area contributed by atoms with Crippen LogP contribution < -0.4 is 10.5 Å². The van der Waals surface area contributed by atoms with Gasteiger partial charge in [0, 0.05) is 13.0 Å². The van der Waals surface area contributed by atoms with Gasteiger partial charge < -0.3 is 49.3 Å². The topological polar surface area (TPSA) is 247 Å². The van der Waals surface area contributed by atoms with Crippen molar-refractivity contribution >= 4 is 10.4 Å². The summed E-state index contributed by atoms with van der Waals surface area (Å²) in [5.41, 5.74) is 0. The van der Waals surface area contributed by atoms with Crippen LogP contribution in [0.2, 0.25) is 0 Å². The molecular formula is C14H23O17S-3. The van der Waals surface area contributed by atoms with Gasteiger partial charge in [-0.15, -0.1) is 0 Å². The Bertz CT molecular complexity index is 660. The van der Waals surface area contributed by atoms with E-state index in [4.69, 9.17) is 18.9 Å². The lowest BCUT2D eigenvalue weighted by Gasteiger charge is -2.47. The van der Waals surface area contributed by atoms with E-state index in [1.165, 1.54) is 6.92 Å². The average Bonchev–Trinajstić information content (AvgIpc) is 2.74. The standard InChI is InChI=1S/C14H26O17S/c1-5-8(16)13(25-6(3-15)10(5)28-30-18)27-11-7(4-24-32(20,21)22)26-14(23-2)12(9(11)17)29-31-19/h5-19H,3-4H2,1-2H3,(H,20,21,22)/p-3/t5?,6?,7?,8-,9?,10+,11-,12-,13?,14-/m0/s1. The number of aliphatic hydroxyl groups is 3. The Morgan fingerprint density at radius 2 is 1.53 bits per heavy atom. The maximum atomic E-state index is 10.8. The summed E-state index contributed by atoms with van der Waals surface area (Å²) in [6.45, 7) is -0.250. The van der Waals surface area contributed by atoms with Crippen LogP contribution in [0.15, 0.2) is 0 Å². The monoisotopic (exact) mass is 495 g/mol. The van der Waals surface area contributed by atoms with E-state index in [0.717, 1.165) is 7.11 Å². The zero-order valence-electron chi connectivity index (χ0n) is 16.7. The summed E-state index contributed by atoms with van der Waals surface area (Å²) >= 11 is 0. The van der Waals surface area contributed by atoms with E-state index in [1.54, 1.807) is 0 Å². The minimum atomic E-state index is -5.18. The molecular weight excluding hydrogens is 472 g/mol. The molecule has 0 aromatic heterocycles. The minimum Gasteiger partial charge on any atom is -0.726 e. The molecule has 2 aliphatic heterocycles. The van der Waals surface area contributed by atoms with E-state index in [0.29, 0.717) is 0 Å². The predicted octanol–water partition coefficient (Wildman–Crippen LogP) is -5.52. The van der Waals surface area contributed by atoms with Crippen molar-refractivity contribution < 1.29 is 81.8 Å². The van der Waals surface area contributed by atoms with Crippen molar-refractivity contribution in [1.29, 1.82) is 0 Å². The molecule has 190 valence electrons. The van der Waals surface area contributed by atoms with E-state index >= 15 is 0 Å². The highest BCUT2D eigenvalue weighted by molar-refractivity contribution is 7.80. The van der Waals surface area contributed by atoms with Gasteiger partial charge in [-0.25, -0.2) is 18.2 Å². The van der Waals surface area contributed by atoms with Gasteiger partial charge in [-0.1, -0.05) is 6.92 Å². The van der Waals surface area contributed by atoms with Gasteiger partial charge in [0.15, 0.2) is 18.7 Å². The normalized spacial score (nSPS) is 41.0. The van der Waals surface area contributed by atoms with E-state index in [1.807, 2.05) is 0 Å². The van der Waals surface area contributed by atoms with Gasteiger partial charge in [0.2, 0.25) is 10.4 Å². The van der Waals surface area contributed by atoms with Gasteiger partial charge >= 0.3 is 0 Å². The fraction of sp³-hybridized carbons (Fsp3) is 1.00. The smallest absolute Gasteiger partial charge is 0.217 e. The Balaban J connectivity index is 2.25. The molecule has 32 heavy (non-hydrogen) atoms. The molecule has 0 aliphatic carbocycles. The van der Waals surface area contributed by atoms with Crippen LogP contribution in [0.25, 0.3) is 0 Å². The highest BCUT2D eigenvalue weighted by Gasteiger charge is 2.52. The van der Waals surface area contributed by atoms with Crippen LogP contribution in [0.4, 0.5) is 0 Å². The molecule has 3 N–H and O–H groups in total. The molecule has 2 heterocycles. The largest absolute Gasteiger partial charge is 0.726 e. The molecule has 2 saturated heterocycles. The third-order valence-corrected chi connectivity index (χ3v) is 5.43. The van der Waals surface area contributed by atoms with Crippen molar-refractivity contribution in [3.8, 4) is 0 Å². The fourth-order valence-corrected chi connectivity index (χ4v) is 3.71. The lowest BCUT2D eigenvalue weighted by molar-refractivity contribution is -0.809. The second kappa shape index (κ2) is 12.2. The summed E-state index contributed by atoms with van der Waals surface area (Å²) in [6, 6.07) is 0.